The zero-order valence-electron chi connectivity index (χ0n) is 7.86. The van der Waals surface area contributed by atoms with Crippen LogP contribution in [0.15, 0.2) is 5.16 Å². The van der Waals surface area contributed by atoms with Crippen LogP contribution in [0.25, 0.3) is 0 Å². The Labute approximate surface area is 77.0 Å². The molecular weight excluding hydrogens is 172 g/mol. The van der Waals surface area contributed by atoms with E-state index < -0.39 is 5.60 Å². The molecule has 1 unspecified atom stereocenters. The van der Waals surface area contributed by atoms with Gasteiger partial charge in [0.05, 0.1) is 5.60 Å². The lowest BCUT2D eigenvalue weighted by Crippen LogP contribution is -2.34. The molecule has 1 saturated heterocycles. The van der Waals surface area contributed by atoms with Gasteiger partial charge in [0.25, 0.3) is 5.91 Å². The maximum atomic E-state index is 11.3. The number of carbonyl (C=O) groups is 1. The van der Waals surface area contributed by atoms with E-state index in [0.717, 1.165) is 6.21 Å². The Hall–Kier alpha value is -1.10. The van der Waals surface area contributed by atoms with E-state index in [4.69, 9.17) is 0 Å². The molecule has 0 aromatic heterocycles. The lowest BCUT2D eigenvalue weighted by atomic mass is 10.1. The van der Waals surface area contributed by atoms with Crippen LogP contribution in [0.3, 0.4) is 0 Å². The summed E-state index contributed by atoms with van der Waals surface area (Å²) in [5.74, 6) is -0.223. The maximum absolute atomic E-state index is 11.3. The Bertz CT molecular complexity index is 225. The highest BCUT2D eigenvalue weighted by atomic mass is 16.6. The highest BCUT2D eigenvalue weighted by Crippen LogP contribution is 2.19. The van der Waals surface area contributed by atoms with Crippen LogP contribution in [0, 0.1) is 0 Å². The summed E-state index contributed by atoms with van der Waals surface area (Å²) in [7, 11) is 1.38. The van der Waals surface area contributed by atoms with Crippen molar-refractivity contribution in [2.24, 2.45) is 5.16 Å². The Morgan fingerprint density at radius 2 is 2.46 bits per heavy atom. The van der Waals surface area contributed by atoms with E-state index in [1.807, 2.05) is 0 Å². The molecule has 1 fully saturated rings. The molecule has 0 bridgehead atoms. The molecule has 1 N–H and O–H groups in total. The number of rotatable bonds is 2. The van der Waals surface area contributed by atoms with Crippen LogP contribution in [0.5, 0.6) is 0 Å². The highest BCUT2D eigenvalue weighted by molar-refractivity contribution is 6.26. The van der Waals surface area contributed by atoms with Gasteiger partial charge in [-0.2, -0.15) is 0 Å². The number of oxime groups is 1. The van der Waals surface area contributed by atoms with Crippen molar-refractivity contribution in [2.75, 3.05) is 20.2 Å². The largest absolute Gasteiger partial charge is 0.399 e. The summed E-state index contributed by atoms with van der Waals surface area (Å²) in [4.78, 5) is 17.2. The fourth-order valence-electron chi connectivity index (χ4n) is 1.31. The zero-order chi connectivity index (χ0) is 9.90. The van der Waals surface area contributed by atoms with Crippen LogP contribution >= 0.6 is 0 Å². The number of aliphatic hydroxyl groups is 1. The summed E-state index contributed by atoms with van der Waals surface area (Å²) in [5.41, 5.74) is -0.753. The Morgan fingerprint density at radius 1 is 1.77 bits per heavy atom. The molecule has 13 heavy (non-hydrogen) atoms. The van der Waals surface area contributed by atoms with E-state index in [-0.39, 0.29) is 5.91 Å². The van der Waals surface area contributed by atoms with E-state index in [1.165, 1.54) is 7.11 Å². The van der Waals surface area contributed by atoms with Gasteiger partial charge in [-0.3, -0.25) is 4.79 Å². The van der Waals surface area contributed by atoms with Crippen molar-refractivity contribution in [3.05, 3.63) is 0 Å². The fourth-order valence-corrected chi connectivity index (χ4v) is 1.31. The molecule has 1 heterocycles. The van der Waals surface area contributed by atoms with E-state index >= 15 is 0 Å². The SMILES string of the molecule is CO/N=C/C(=O)N1CCC(C)(O)C1. The summed E-state index contributed by atoms with van der Waals surface area (Å²) in [5, 5.41) is 12.9. The smallest absolute Gasteiger partial charge is 0.268 e. The number of likely N-dealkylation sites (tertiary alicyclic amines) is 1. The van der Waals surface area contributed by atoms with Crippen LogP contribution in [-0.2, 0) is 9.63 Å². The summed E-state index contributed by atoms with van der Waals surface area (Å²) in [6.07, 6.45) is 1.72. The van der Waals surface area contributed by atoms with Gasteiger partial charge in [0.15, 0.2) is 0 Å². The molecule has 0 aromatic carbocycles. The predicted octanol–water partition coefficient (Wildman–Crippen LogP) is -0.398. The van der Waals surface area contributed by atoms with Gasteiger partial charge in [-0.1, -0.05) is 5.16 Å². The van der Waals surface area contributed by atoms with Crippen molar-refractivity contribution in [1.29, 1.82) is 0 Å². The van der Waals surface area contributed by atoms with Crippen molar-refractivity contribution in [3.8, 4) is 0 Å². The molecule has 5 heteroatoms. The van der Waals surface area contributed by atoms with E-state index in [9.17, 15) is 9.90 Å². The van der Waals surface area contributed by atoms with Gasteiger partial charge >= 0.3 is 0 Å². The molecule has 1 atom stereocenters. The maximum Gasteiger partial charge on any atom is 0.268 e. The third kappa shape index (κ3) is 2.69. The van der Waals surface area contributed by atoms with Crippen LogP contribution in [-0.4, -0.2) is 47.9 Å². The lowest BCUT2D eigenvalue weighted by Gasteiger charge is -2.16. The van der Waals surface area contributed by atoms with Crippen molar-refractivity contribution in [3.63, 3.8) is 0 Å². The standard InChI is InChI=1S/C8H14N2O3/c1-8(12)3-4-10(6-8)7(11)5-9-13-2/h5,12H,3-4,6H2,1-2H3/b9-5+. The second kappa shape index (κ2) is 3.74. The van der Waals surface area contributed by atoms with Crippen molar-refractivity contribution in [1.82, 2.24) is 4.90 Å². The fraction of sp³-hybridized carbons (Fsp3) is 0.750. The molecule has 1 rings (SSSR count). The van der Waals surface area contributed by atoms with Crippen LogP contribution < -0.4 is 0 Å². The van der Waals surface area contributed by atoms with Crippen molar-refractivity contribution in [2.45, 2.75) is 18.9 Å². The Balaban J connectivity index is 2.47. The molecular formula is C8H14N2O3. The van der Waals surface area contributed by atoms with Crippen molar-refractivity contribution < 1.29 is 14.7 Å². The number of carbonyl (C=O) groups excluding carboxylic acids is 1. The first-order valence-electron chi connectivity index (χ1n) is 4.13. The van der Waals surface area contributed by atoms with E-state index in [0.29, 0.717) is 19.5 Å². The Morgan fingerprint density at radius 3 is 2.92 bits per heavy atom. The number of β-amino-alcohol motifs (C(OH)–C–C–N with tert-alkyl or cyclic N) is 1. The van der Waals surface area contributed by atoms with Gasteiger partial charge in [0.2, 0.25) is 0 Å². The molecule has 0 spiro atoms. The number of hydrogen-bond acceptors (Lipinski definition) is 4. The van der Waals surface area contributed by atoms with Crippen LogP contribution in [0.1, 0.15) is 13.3 Å². The quantitative estimate of drug-likeness (QED) is 0.471. The van der Waals surface area contributed by atoms with Crippen LogP contribution in [0.2, 0.25) is 0 Å². The molecule has 1 aliphatic heterocycles. The van der Waals surface area contributed by atoms with Gasteiger partial charge < -0.3 is 14.8 Å². The molecule has 0 aliphatic carbocycles. The molecule has 5 nitrogen and oxygen atoms in total. The highest BCUT2D eigenvalue weighted by Gasteiger charge is 2.33. The summed E-state index contributed by atoms with van der Waals surface area (Å²) in [6.45, 7) is 2.65. The first-order valence-corrected chi connectivity index (χ1v) is 4.13. The second-order valence-electron chi connectivity index (χ2n) is 3.42. The third-order valence-electron chi connectivity index (χ3n) is 2.03. The van der Waals surface area contributed by atoms with Gasteiger partial charge in [-0.15, -0.1) is 0 Å². The van der Waals surface area contributed by atoms with Crippen LogP contribution in [0.4, 0.5) is 0 Å². The molecule has 1 amide bonds. The zero-order valence-corrected chi connectivity index (χ0v) is 7.86. The molecule has 1 aliphatic rings. The average molecular weight is 186 g/mol. The third-order valence-corrected chi connectivity index (χ3v) is 2.03. The monoisotopic (exact) mass is 186 g/mol. The summed E-state index contributed by atoms with van der Waals surface area (Å²) < 4.78 is 0. The van der Waals surface area contributed by atoms with E-state index in [1.54, 1.807) is 11.8 Å². The normalized spacial score (nSPS) is 28.4. The van der Waals surface area contributed by atoms with E-state index in [2.05, 4.69) is 9.99 Å². The van der Waals surface area contributed by atoms with Gasteiger partial charge in [-0.25, -0.2) is 0 Å². The number of amides is 1. The molecule has 0 aromatic rings. The minimum absolute atomic E-state index is 0.223. The second-order valence-corrected chi connectivity index (χ2v) is 3.42. The number of nitrogens with zero attached hydrogens (tertiary/aromatic N) is 2. The molecule has 74 valence electrons. The summed E-state index contributed by atoms with van der Waals surface area (Å²) in [6, 6.07) is 0. The first-order chi connectivity index (χ1) is 6.05. The predicted molar refractivity (Wildman–Crippen MR) is 47.3 cm³/mol. The Kier molecular flexibility index (Phi) is 2.87. The van der Waals surface area contributed by atoms with Gasteiger partial charge in [-0.05, 0) is 13.3 Å². The topological polar surface area (TPSA) is 62.1 Å². The molecule has 0 radical (unpaired) electrons. The number of hydrogen-bond donors (Lipinski definition) is 1. The minimum Gasteiger partial charge on any atom is -0.399 e. The average Bonchev–Trinajstić information content (AvgIpc) is 2.42. The molecule has 0 saturated carbocycles. The first kappa shape index (κ1) is 9.98. The van der Waals surface area contributed by atoms with Crippen molar-refractivity contribution >= 4 is 12.1 Å². The lowest BCUT2D eigenvalue weighted by molar-refractivity contribution is -0.123. The summed E-state index contributed by atoms with van der Waals surface area (Å²) >= 11 is 0. The van der Waals surface area contributed by atoms with Gasteiger partial charge in [0, 0.05) is 13.1 Å². The minimum atomic E-state index is -0.753. The van der Waals surface area contributed by atoms with Gasteiger partial charge in [0.1, 0.15) is 13.3 Å².